The molecule has 1 N–H and O–H groups in total. The molecule has 0 aromatic heterocycles. The van der Waals surface area contributed by atoms with E-state index in [1.807, 2.05) is 0 Å². The largest absolute Gasteiger partial charge is 0.453 e. The number of carbonyl (C=O) groups excluding carboxylic acids is 2. The molecule has 0 saturated heterocycles. The zero-order chi connectivity index (χ0) is 20.2. The van der Waals surface area contributed by atoms with Crippen molar-refractivity contribution in [1.82, 2.24) is 4.72 Å². The summed E-state index contributed by atoms with van der Waals surface area (Å²) in [6.07, 6.45) is -1.19. The normalized spacial score (nSPS) is 13.6. The molecule has 144 valence electrons. The molecule has 2 atom stereocenters. The van der Waals surface area contributed by atoms with Gasteiger partial charge in [-0.15, -0.1) is 0 Å². The number of hydrogen-bond acceptors (Lipinski definition) is 5. The second-order valence-corrected chi connectivity index (χ2v) is 7.46. The highest BCUT2D eigenvalue weighted by Gasteiger charge is 2.26. The summed E-state index contributed by atoms with van der Waals surface area (Å²) in [4.78, 5) is 24.0. The molecule has 0 aliphatic heterocycles. The molecule has 0 aliphatic rings. The van der Waals surface area contributed by atoms with E-state index in [1.54, 1.807) is 0 Å². The molecule has 0 saturated carbocycles. The third-order valence-electron chi connectivity index (χ3n) is 3.60. The second-order valence-electron chi connectivity index (χ2n) is 5.75. The predicted molar refractivity (Wildman–Crippen MR) is 92.5 cm³/mol. The number of carbonyl (C=O) groups is 2. The van der Waals surface area contributed by atoms with Gasteiger partial charge in [0.1, 0.15) is 17.7 Å². The van der Waals surface area contributed by atoms with Gasteiger partial charge in [-0.1, -0.05) is 0 Å². The Morgan fingerprint density at radius 1 is 0.926 bits per heavy atom. The Hall–Kier alpha value is -2.65. The number of rotatable bonds is 7. The van der Waals surface area contributed by atoms with E-state index in [0.717, 1.165) is 36.4 Å². The lowest BCUT2D eigenvalue weighted by Gasteiger charge is -2.17. The lowest BCUT2D eigenvalue weighted by atomic mass is 10.1. The van der Waals surface area contributed by atoms with Gasteiger partial charge in [-0.05, 0) is 62.4 Å². The average molecular weight is 397 g/mol. The van der Waals surface area contributed by atoms with Gasteiger partial charge in [0, 0.05) is 5.56 Å². The van der Waals surface area contributed by atoms with Gasteiger partial charge in [-0.2, -0.15) is 4.72 Å². The number of benzene rings is 2. The summed E-state index contributed by atoms with van der Waals surface area (Å²) in [5.74, 6) is -2.64. The quantitative estimate of drug-likeness (QED) is 0.573. The van der Waals surface area contributed by atoms with Crippen LogP contribution in [0.3, 0.4) is 0 Å². The summed E-state index contributed by atoms with van der Waals surface area (Å²) in [5.41, 5.74) is 0.149. The maximum absolute atomic E-state index is 12.9. The van der Waals surface area contributed by atoms with Crippen LogP contribution in [0, 0.1) is 11.6 Å². The fourth-order valence-electron chi connectivity index (χ4n) is 2.14. The Kier molecular flexibility index (Phi) is 6.40. The van der Waals surface area contributed by atoms with Crippen LogP contribution in [0.1, 0.15) is 24.2 Å². The van der Waals surface area contributed by atoms with Crippen LogP contribution in [0.4, 0.5) is 8.78 Å². The van der Waals surface area contributed by atoms with Crippen molar-refractivity contribution in [3.63, 3.8) is 0 Å². The van der Waals surface area contributed by atoms with Crippen molar-refractivity contribution >= 4 is 21.8 Å². The first-order valence-electron chi connectivity index (χ1n) is 7.88. The third kappa shape index (κ3) is 5.41. The van der Waals surface area contributed by atoms with Crippen molar-refractivity contribution in [3.8, 4) is 0 Å². The van der Waals surface area contributed by atoms with E-state index in [0.29, 0.717) is 0 Å². The average Bonchev–Trinajstić information content (AvgIpc) is 2.61. The first-order chi connectivity index (χ1) is 12.6. The van der Waals surface area contributed by atoms with E-state index >= 15 is 0 Å². The van der Waals surface area contributed by atoms with E-state index in [-0.39, 0.29) is 10.5 Å². The minimum absolute atomic E-state index is 0.149. The standard InChI is InChI=1S/C18H17F2NO5S/c1-11(21-27(24,25)16-9-7-15(20)8-10-16)18(23)26-12(2)17(22)13-3-5-14(19)6-4-13/h3-12,21H,1-2H3/t11-,12-/m0/s1. The molecule has 2 aromatic rings. The lowest BCUT2D eigenvalue weighted by molar-refractivity contribution is -0.147. The second kappa shape index (κ2) is 8.36. The molecule has 0 spiro atoms. The van der Waals surface area contributed by atoms with Crippen molar-refractivity contribution in [2.45, 2.75) is 30.9 Å². The molecule has 2 rings (SSSR count). The minimum atomic E-state index is -4.08. The maximum atomic E-state index is 12.9. The van der Waals surface area contributed by atoms with Crippen LogP contribution in [0.15, 0.2) is 53.4 Å². The van der Waals surface area contributed by atoms with Gasteiger partial charge < -0.3 is 4.74 Å². The molecular formula is C18H17F2NO5S. The zero-order valence-corrected chi connectivity index (χ0v) is 15.3. The summed E-state index contributed by atoms with van der Waals surface area (Å²) >= 11 is 0. The van der Waals surface area contributed by atoms with Crippen molar-refractivity contribution in [1.29, 1.82) is 0 Å². The summed E-state index contributed by atoms with van der Waals surface area (Å²) in [5, 5.41) is 0. The fraction of sp³-hybridized carbons (Fsp3) is 0.222. The molecule has 0 amide bonds. The van der Waals surface area contributed by atoms with Crippen molar-refractivity contribution in [3.05, 3.63) is 65.7 Å². The van der Waals surface area contributed by atoms with Gasteiger partial charge in [0.05, 0.1) is 4.90 Å². The summed E-state index contributed by atoms with van der Waals surface area (Å²) in [6, 6.07) is 7.46. The zero-order valence-electron chi connectivity index (χ0n) is 14.5. The van der Waals surface area contributed by atoms with Crippen LogP contribution >= 0.6 is 0 Å². The number of sulfonamides is 1. The van der Waals surface area contributed by atoms with Gasteiger partial charge in [0.25, 0.3) is 0 Å². The first kappa shape index (κ1) is 20.7. The van der Waals surface area contributed by atoms with E-state index in [9.17, 15) is 26.8 Å². The summed E-state index contributed by atoms with van der Waals surface area (Å²) in [6.45, 7) is 2.57. The summed E-state index contributed by atoms with van der Waals surface area (Å²) in [7, 11) is -4.08. The van der Waals surface area contributed by atoms with Gasteiger partial charge in [0.15, 0.2) is 6.10 Å². The van der Waals surface area contributed by atoms with Crippen molar-refractivity contribution in [2.24, 2.45) is 0 Å². The van der Waals surface area contributed by atoms with Crippen molar-refractivity contribution < 1.29 is 31.5 Å². The number of hydrogen-bond donors (Lipinski definition) is 1. The Bertz CT molecular complexity index is 927. The Morgan fingerprint density at radius 3 is 1.93 bits per heavy atom. The molecule has 9 heteroatoms. The molecule has 0 aliphatic carbocycles. The van der Waals surface area contributed by atoms with Crippen LogP contribution in [-0.2, 0) is 19.6 Å². The number of esters is 1. The number of ether oxygens (including phenoxy) is 1. The number of halogens is 2. The fourth-order valence-corrected chi connectivity index (χ4v) is 3.33. The Morgan fingerprint density at radius 2 is 1.41 bits per heavy atom. The lowest BCUT2D eigenvalue weighted by Crippen LogP contribution is -2.41. The number of Topliss-reactive ketones (excluding diaryl/α,β-unsaturated/α-hetero) is 1. The number of ketones is 1. The monoisotopic (exact) mass is 397 g/mol. The predicted octanol–water partition coefficient (Wildman–Crippen LogP) is 2.45. The van der Waals surface area contributed by atoms with E-state index < -0.39 is 45.6 Å². The maximum Gasteiger partial charge on any atom is 0.324 e. The molecule has 0 fully saturated rings. The highest BCUT2D eigenvalue weighted by molar-refractivity contribution is 7.89. The highest BCUT2D eigenvalue weighted by atomic mass is 32.2. The molecule has 2 aromatic carbocycles. The molecular weight excluding hydrogens is 380 g/mol. The molecule has 0 unspecified atom stereocenters. The molecule has 27 heavy (non-hydrogen) atoms. The molecule has 6 nitrogen and oxygen atoms in total. The van der Waals surface area contributed by atoms with Crippen molar-refractivity contribution in [2.75, 3.05) is 0 Å². The van der Waals surface area contributed by atoms with Crippen LogP contribution in [0.25, 0.3) is 0 Å². The van der Waals surface area contributed by atoms with E-state index in [1.165, 1.54) is 26.0 Å². The van der Waals surface area contributed by atoms with Crippen LogP contribution in [-0.4, -0.2) is 32.3 Å². The minimum Gasteiger partial charge on any atom is -0.453 e. The molecule has 0 heterocycles. The van der Waals surface area contributed by atoms with Crippen LogP contribution in [0.5, 0.6) is 0 Å². The molecule has 0 bridgehead atoms. The highest BCUT2D eigenvalue weighted by Crippen LogP contribution is 2.12. The molecule has 0 radical (unpaired) electrons. The van der Waals surface area contributed by atoms with Gasteiger partial charge in [0.2, 0.25) is 15.8 Å². The summed E-state index contributed by atoms with van der Waals surface area (Å²) < 4.78 is 57.3. The topological polar surface area (TPSA) is 89.5 Å². The Balaban J connectivity index is 2.01. The van der Waals surface area contributed by atoms with Gasteiger partial charge in [-0.3, -0.25) is 9.59 Å². The third-order valence-corrected chi connectivity index (χ3v) is 5.16. The van der Waals surface area contributed by atoms with Gasteiger partial charge >= 0.3 is 5.97 Å². The van der Waals surface area contributed by atoms with Crippen LogP contribution < -0.4 is 4.72 Å². The van der Waals surface area contributed by atoms with Gasteiger partial charge in [-0.25, -0.2) is 17.2 Å². The number of nitrogens with one attached hydrogen (secondary N) is 1. The smallest absolute Gasteiger partial charge is 0.324 e. The first-order valence-corrected chi connectivity index (χ1v) is 9.36. The van der Waals surface area contributed by atoms with Crippen LogP contribution in [0.2, 0.25) is 0 Å². The van der Waals surface area contributed by atoms with E-state index in [4.69, 9.17) is 4.74 Å². The Labute approximate surface area is 155 Å². The SMILES string of the molecule is C[C@H](NS(=O)(=O)c1ccc(F)cc1)C(=O)O[C@@H](C)C(=O)c1ccc(F)cc1. The van der Waals surface area contributed by atoms with E-state index in [2.05, 4.69) is 4.72 Å².